The largest absolute Gasteiger partial charge is 0.417 e. The zero-order valence-electron chi connectivity index (χ0n) is 11.1. The molecule has 7 heteroatoms. The molecule has 0 amide bonds. The highest BCUT2D eigenvalue weighted by Gasteiger charge is 2.31. The molecule has 1 atom stereocenters. The number of hydrogen-bond acceptors (Lipinski definition) is 3. The minimum Gasteiger partial charge on any atom is -0.366 e. The summed E-state index contributed by atoms with van der Waals surface area (Å²) in [4.78, 5) is 5.76. The molecular formula is C12H17ClF3N3. The maximum Gasteiger partial charge on any atom is 0.417 e. The van der Waals surface area contributed by atoms with E-state index in [0.717, 1.165) is 25.2 Å². The van der Waals surface area contributed by atoms with Gasteiger partial charge in [-0.05, 0) is 40.1 Å². The van der Waals surface area contributed by atoms with Gasteiger partial charge in [-0.1, -0.05) is 11.6 Å². The number of pyridine rings is 1. The topological polar surface area (TPSA) is 28.2 Å². The lowest BCUT2D eigenvalue weighted by atomic mass is 10.2. The van der Waals surface area contributed by atoms with Crippen LogP contribution in [0.4, 0.5) is 19.0 Å². The SMILES string of the molecule is CC(CCN(C)C)Nc1ncc(C(F)(F)F)cc1Cl. The number of anilines is 1. The van der Waals surface area contributed by atoms with Crippen LogP contribution in [0.15, 0.2) is 12.3 Å². The predicted octanol–water partition coefficient (Wildman–Crippen LogP) is 3.51. The minimum absolute atomic E-state index is 0.0217. The lowest BCUT2D eigenvalue weighted by Crippen LogP contribution is -2.23. The molecule has 0 spiro atoms. The van der Waals surface area contributed by atoms with Gasteiger partial charge in [-0.3, -0.25) is 0 Å². The number of nitrogens with one attached hydrogen (secondary N) is 1. The van der Waals surface area contributed by atoms with E-state index in [9.17, 15) is 13.2 Å². The molecule has 0 saturated carbocycles. The van der Waals surface area contributed by atoms with Crippen LogP contribution in [0, 0.1) is 0 Å². The third kappa shape index (κ3) is 5.24. The van der Waals surface area contributed by atoms with Crippen molar-refractivity contribution < 1.29 is 13.2 Å². The van der Waals surface area contributed by atoms with E-state index in [1.54, 1.807) is 0 Å². The Morgan fingerprint density at radius 1 is 1.42 bits per heavy atom. The van der Waals surface area contributed by atoms with Crippen molar-refractivity contribution in [1.82, 2.24) is 9.88 Å². The fraction of sp³-hybridized carbons (Fsp3) is 0.583. The van der Waals surface area contributed by atoms with E-state index in [4.69, 9.17) is 11.6 Å². The van der Waals surface area contributed by atoms with Crippen molar-refractivity contribution in [2.45, 2.75) is 25.6 Å². The highest BCUT2D eigenvalue weighted by atomic mass is 35.5. The smallest absolute Gasteiger partial charge is 0.366 e. The summed E-state index contributed by atoms with van der Waals surface area (Å²) in [7, 11) is 3.91. The molecule has 1 heterocycles. The monoisotopic (exact) mass is 295 g/mol. The van der Waals surface area contributed by atoms with Crippen molar-refractivity contribution in [3.63, 3.8) is 0 Å². The normalized spacial score (nSPS) is 13.7. The van der Waals surface area contributed by atoms with Gasteiger partial charge in [0.05, 0.1) is 10.6 Å². The Morgan fingerprint density at radius 2 is 2.05 bits per heavy atom. The van der Waals surface area contributed by atoms with Crippen LogP contribution in [-0.2, 0) is 6.18 Å². The quantitative estimate of drug-likeness (QED) is 0.901. The number of aromatic nitrogens is 1. The Hall–Kier alpha value is -1.01. The summed E-state index contributed by atoms with van der Waals surface area (Å²) in [5.41, 5.74) is -0.844. The van der Waals surface area contributed by atoms with Crippen molar-refractivity contribution >= 4 is 17.4 Å². The van der Waals surface area contributed by atoms with E-state index in [2.05, 4.69) is 10.3 Å². The highest BCUT2D eigenvalue weighted by molar-refractivity contribution is 6.32. The van der Waals surface area contributed by atoms with Gasteiger partial charge < -0.3 is 10.2 Å². The van der Waals surface area contributed by atoms with Crippen LogP contribution in [-0.4, -0.2) is 36.6 Å². The number of hydrogen-bond donors (Lipinski definition) is 1. The van der Waals surface area contributed by atoms with Crippen LogP contribution >= 0.6 is 11.6 Å². The molecule has 1 aromatic rings. The molecule has 0 saturated heterocycles. The molecule has 1 unspecified atom stereocenters. The first-order valence-electron chi connectivity index (χ1n) is 5.84. The molecule has 0 radical (unpaired) electrons. The first-order chi connectivity index (χ1) is 8.70. The van der Waals surface area contributed by atoms with Crippen LogP contribution in [0.25, 0.3) is 0 Å². The highest BCUT2D eigenvalue weighted by Crippen LogP contribution is 2.32. The molecular weight excluding hydrogens is 279 g/mol. The fourth-order valence-corrected chi connectivity index (χ4v) is 1.68. The molecule has 0 aliphatic rings. The molecule has 1 rings (SSSR count). The van der Waals surface area contributed by atoms with Gasteiger partial charge in [0.1, 0.15) is 5.82 Å². The maximum absolute atomic E-state index is 12.4. The summed E-state index contributed by atoms with van der Waals surface area (Å²) in [6.45, 7) is 2.80. The van der Waals surface area contributed by atoms with E-state index in [1.807, 2.05) is 25.9 Å². The molecule has 0 bridgehead atoms. The zero-order valence-corrected chi connectivity index (χ0v) is 11.8. The van der Waals surface area contributed by atoms with Gasteiger partial charge in [-0.25, -0.2) is 4.98 Å². The van der Waals surface area contributed by atoms with E-state index in [1.165, 1.54) is 0 Å². The number of alkyl halides is 3. The Labute approximate surface area is 115 Å². The molecule has 0 aliphatic heterocycles. The number of rotatable bonds is 5. The number of halogens is 4. The van der Waals surface area contributed by atoms with E-state index in [0.29, 0.717) is 0 Å². The van der Waals surface area contributed by atoms with Crippen LogP contribution in [0.1, 0.15) is 18.9 Å². The average Bonchev–Trinajstić information content (AvgIpc) is 2.27. The summed E-state index contributed by atoms with van der Waals surface area (Å²) in [5, 5.41) is 2.99. The fourth-order valence-electron chi connectivity index (χ4n) is 1.46. The summed E-state index contributed by atoms with van der Waals surface area (Å²) in [6, 6.07) is 0.958. The molecule has 1 N–H and O–H groups in total. The first kappa shape index (κ1) is 16.0. The van der Waals surface area contributed by atoms with Crippen molar-refractivity contribution in [2.24, 2.45) is 0 Å². The lowest BCUT2D eigenvalue weighted by Gasteiger charge is -2.18. The van der Waals surface area contributed by atoms with Gasteiger partial charge >= 0.3 is 6.18 Å². The van der Waals surface area contributed by atoms with Gasteiger partial charge in [0.2, 0.25) is 0 Å². The van der Waals surface area contributed by atoms with Crippen LogP contribution < -0.4 is 5.32 Å². The average molecular weight is 296 g/mol. The summed E-state index contributed by atoms with van der Waals surface area (Å²) < 4.78 is 37.3. The van der Waals surface area contributed by atoms with Crippen molar-refractivity contribution in [2.75, 3.05) is 26.0 Å². The molecule has 19 heavy (non-hydrogen) atoms. The van der Waals surface area contributed by atoms with E-state index >= 15 is 0 Å². The maximum atomic E-state index is 12.4. The third-order valence-electron chi connectivity index (χ3n) is 2.56. The Balaban J connectivity index is 2.70. The van der Waals surface area contributed by atoms with Gasteiger partial charge in [0, 0.05) is 12.2 Å². The lowest BCUT2D eigenvalue weighted by molar-refractivity contribution is -0.137. The van der Waals surface area contributed by atoms with Crippen LogP contribution in [0.2, 0.25) is 5.02 Å². The Bertz CT molecular complexity index is 421. The van der Waals surface area contributed by atoms with E-state index in [-0.39, 0.29) is 16.9 Å². The molecule has 108 valence electrons. The third-order valence-corrected chi connectivity index (χ3v) is 2.85. The Morgan fingerprint density at radius 3 is 2.53 bits per heavy atom. The molecule has 0 fully saturated rings. The van der Waals surface area contributed by atoms with Crippen molar-refractivity contribution in [3.05, 3.63) is 22.8 Å². The van der Waals surface area contributed by atoms with Crippen molar-refractivity contribution in [3.8, 4) is 0 Å². The summed E-state index contributed by atoms with van der Waals surface area (Å²) in [6.07, 6.45) is -2.80. The molecule has 3 nitrogen and oxygen atoms in total. The molecule has 1 aromatic heterocycles. The second kappa shape index (κ2) is 6.43. The summed E-state index contributed by atoms with van der Waals surface area (Å²) >= 11 is 5.81. The Kier molecular flexibility index (Phi) is 5.43. The van der Waals surface area contributed by atoms with E-state index < -0.39 is 11.7 Å². The van der Waals surface area contributed by atoms with Gasteiger partial charge in [0.15, 0.2) is 0 Å². The van der Waals surface area contributed by atoms with Gasteiger partial charge in [0.25, 0.3) is 0 Å². The van der Waals surface area contributed by atoms with Crippen molar-refractivity contribution in [1.29, 1.82) is 0 Å². The first-order valence-corrected chi connectivity index (χ1v) is 6.22. The predicted molar refractivity (Wildman–Crippen MR) is 70.5 cm³/mol. The van der Waals surface area contributed by atoms with Crippen LogP contribution in [0.5, 0.6) is 0 Å². The van der Waals surface area contributed by atoms with Gasteiger partial charge in [-0.15, -0.1) is 0 Å². The second-order valence-electron chi connectivity index (χ2n) is 4.69. The molecule has 0 aromatic carbocycles. The number of nitrogens with zero attached hydrogens (tertiary/aromatic N) is 2. The second-order valence-corrected chi connectivity index (χ2v) is 5.10. The minimum atomic E-state index is -4.42. The molecule has 0 aliphatic carbocycles. The standard InChI is InChI=1S/C12H17ClF3N3/c1-8(4-5-19(2)3)18-11-10(13)6-9(7-17-11)12(14,15)16/h6-8H,4-5H2,1-3H3,(H,17,18). The zero-order chi connectivity index (χ0) is 14.6. The van der Waals surface area contributed by atoms with Crippen LogP contribution in [0.3, 0.4) is 0 Å². The summed E-state index contributed by atoms with van der Waals surface area (Å²) in [5.74, 6) is 0.279. The van der Waals surface area contributed by atoms with Gasteiger partial charge in [-0.2, -0.15) is 13.2 Å².